The molecule has 0 heterocycles. The quantitative estimate of drug-likeness (QED) is 0.581. The molecule has 9 heavy (non-hydrogen) atoms. The molecular weight excluding hydrogens is 118 g/mol. The number of ketones is 1. The summed E-state index contributed by atoms with van der Waals surface area (Å²) in [7, 11) is 0. The maximum atomic E-state index is 10.6. The lowest BCUT2D eigenvalue weighted by Gasteiger charge is -2.09. The average molecular weight is 131 g/mol. The van der Waals surface area contributed by atoms with Crippen LogP contribution in [-0.2, 0) is 9.53 Å². The summed E-state index contributed by atoms with van der Waals surface area (Å²) in [6.07, 6.45) is -0.394. The number of carbonyl (C=O) groups excluding carboxylic acids is 1. The lowest BCUT2D eigenvalue weighted by Crippen LogP contribution is -2.30. The molecule has 0 aliphatic carbocycles. The van der Waals surface area contributed by atoms with Crippen molar-refractivity contribution < 1.29 is 9.53 Å². The van der Waals surface area contributed by atoms with Crippen LogP contribution in [0.3, 0.4) is 0 Å². The zero-order valence-corrected chi connectivity index (χ0v) is 5.89. The van der Waals surface area contributed by atoms with Crippen LogP contribution < -0.4 is 5.73 Å². The third-order valence-electron chi connectivity index (χ3n) is 1.04. The normalized spacial score (nSPS) is 13.2. The third kappa shape index (κ3) is 3.21. The standard InChI is InChI=1S/C6H13NO2/c1-3-9-6(4-7)5(2)8/h6H,3-4,7H2,1-2H3. The van der Waals surface area contributed by atoms with Crippen LogP contribution in [0.15, 0.2) is 0 Å². The number of hydrogen-bond donors (Lipinski definition) is 1. The van der Waals surface area contributed by atoms with Crippen molar-refractivity contribution >= 4 is 5.78 Å². The largest absolute Gasteiger partial charge is 0.369 e. The van der Waals surface area contributed by atoms with Crippen molar-refractivity contribution in [3.63, 3.8) is 0 Å². The van der Waals surface area contributed by atoms with E-state index in [0.29, 0.717) is 6.61 Å². The summed E-state index contributed by atoms with van der Waals surface area (Å²) in [6.45, 7) is 4.14. The van der Waals surface area contributed by atoms with Crippen LogP contribution in [-0.4, -0.2) is 25.0 Å². The topological polar surface area (TPSA) is 52.3 Å². The molecule has 2 N–H and O–H groups in total. The fraction of sp³-hybridized carbons (Fsp3) is 0.833. The van der Waals surface area contributed by atoms with Gasteiger partial charge in [0.15, 0.2) is 5.78 Å². The van der Waals surface area contributed by atoms with Gasteiger partial charge in [0.05, 0.1) is 0 Å². The maximum Gasteiger partial charge on any atom is 0.159 e. The number of hydrogen-bond acceptors (Lipinski definition) is 3. The molecule has 0 aromatic rings. The highest BCUT2D eigenvalue weighted by Crippen LogP contribution is 1.89. The molecule has 1 atom stereocenters. The number of Topliss-reactive ketones (excluding diaryl/α,β-unsaturated/α-hetero) is 1. The van der Waals surface area contributed by atoms with Gasteiger partial charge in [-0.2, -0.15) is 0 Å². The Balaban J connectivity index is 3.54. The lowest BCUT2D eigenvalue weighted by molar-refractivity contribution is -0.127. The van der Waals surface area contributed by atoms with Gasteiger partial charge in [-0.25, -0.2) is 0 Å². The molecule has 0 saturated carbocycles. The van der Waals surface area contributed by atoms with Gasteiger partial charge in [-0.1, -0.05) is 0 Å². The molecule has 0 fully saturated rings. The van der Waals surface area contributed by atoms with Gasteiger partial charge in [-0.05, 0) is 13.8 Å². The summed E-state index contributed by atoms with van der Waals surface area (Å²) in [5.74, 6) is -0.000602. The number of ether oxygens (including phenoxy) is 1. The molecule has 0 spiro atoms. The second kappa shape index (κ2) is 4.47. The summed E-state index contributed by atoms with van der Waals surface area (Å²) in [4.78, 5) is 10.6. The molecule has 0 aromatic heterocycles. The fourth-order valence-corrected chi connectivity index (χ4v) is 0.553. The first-order chi connectivity index (χ1) is 4.22. The molecule has 1 unspecified atom stereocenters. The number of carbonyl (C=O) groups is 1. The Bertz CT molecular complexity index is 93.1. The molecule has 0 amide bonds. The Kier molecular flexibility index (Phi) is 4.26. The molecule has 54 valence electrons. The molecule has 0 aromatic carbocycles. The van der Waals surface area contributed by atoms with Gasteiger partial charge in [0.25, 0.3) is 0 Å². The zero-order valence-electron chi connectivity index (χ0n) is 5.89. The van der Waals surface area contributed by atoms with E-state index in [1.54, 1.807) is 0 Å². The van der Waals surface area contributed by atoms with Gasteiger partial charge in [0, 0.05) is 13.2 Å². The molecule has 0 bridgehead atoms. The average Bonchev–Trinajstić information content (AvgIpc) is 1.82. The maximum absolute atomic E-state index is 10.6. The molecule has 0 saturated heterocycles. The molecular formula is C6H13NO2. The second-order valence-corrected chi connectivity index (χ2v) is 1.79. The van der Waals surface area contributed by atoms with Crippen LogP contribution in [0, 0.1) is 0 Å². The minimum Gasteiger partial charge on any atom is -0.369 e. The first-order valence-electron chi connectivity index (χ1n) is 3.04. The van der Waals surface area contributed by atoms with E-state index in [1.807, 2.05) is 6.92 Å². The Labute approximate surface area is 55.2 Å². The highest BCUT2D eigenvalue weighted by Gasteiger charge is 2.09. The minimum atomic E-state index is -0.394. The van der Waals surface area contributed by atoms with Crippen LogP contribution in [0.5, 0.6) is 0 Å². The van der Waals surface area contributed by atoms with Crippen LogP contribution >= 0.6 is 0 Å². The SMILES string of the molecule is CCOC(CN)C(C)=O. The van der Waals surface area contributed by atoms with Crippen LogP contribution in [0.2, 0.25) is 0 Å². The molecule has 0 aliphatic heterocycles. The van der Waals surface area contributed by atoms with Crippen molar-refractivity contribution in [3.05, 3.63) is 0 Å². The van der Waals surface area contributed by atoms with E-state index in [-0.39, 0.29) is 12.3 Å². The monoisotopic (exact) mass is 131 g/mol. The molecule has 0 rings (SSSR count). The van der Waals surface area contributed by atoms with Crippen LogP contribution in [0.25, 0.3) is 0 Å². The summed E-state index contributed by atoms with van der Waals surface area (Å²) < 4.78 is 4.98. The van der Waals surface area contributed by atoms with Gasteiger partial charge in [-0.15, -0.1) is 0 Å². The molecule has 3 heteroatoms. The lowest BCUT2D eigenvalue weighted by atomic mass is 10.2. The zero-order chi connectivity index (χ0) is 7.28. The van der Waals surface area contributed by atoms with E-state index in [4.69, 9.17) is 10.5 Å². The van der Waals surface area contributed by atoms with Crippen molar-refractivity contribution in [2.24, 2.45) is 5.73 Å². The predicted octanol–water partition coefficient (Wildman–Crippen LogP) is -0.0608. The number of nitrogens with two attached hydrogens (primary N) is 1. The van der Waals surface area contributed by atoms with E-state index in [2.05, 4.69) is 0 Å². The van der Waals surface area contributed by atoms with Crippen LogP contribution in [0.4, 0.5) is 0 Å². The van der Waals surface area contributed by atoms with E-state index >= 15 is 0 Å². The fourth-order valence-electron chi connectivity index (χ4n) is 0.553. The number of rotatable bonds is 4. The second-order valence-electron chi connectivity index (χ2n) is 1.79. The van der Waals surface area contributed by atoms with Gasteiger partial charge < -0.3 is 10.5 Å². The van der Waals surface area contributed by atoms with Gasteiger partial charge in [0.1, 0.15) is 6.10 Å². The summed E-state index contributed by atoms with van der Waals surface area (Å²) in [5, 5.41) is 0. The van der Waals surface area contributed by atoms with E-state index in [1.165, 1.54) is 6.92 Å². The summed E-state index contributed by atoms with van der Waals surface area (Å²) in [6, 6.07) is 0. The van der Waals surface area contributed by atoms with Crippen molar-refractivity contribution in [2.45, 2.75) is 20.0 Å². The van der Waals surface area contributed by atoms with Crippen molar-refractivity contribution in [1.82, 2.24) is 0 Å². The van der Waals surface area contributed by atoms with E-state index in [0.717, 1.165) is 0 Å². The van der Waals surface area contributed by atoms with Crippen molar-refractivity contribution in [2.75, 3.05) is 13.2 Å². The minimum absolute atomic E-state index is 0.000602. The summed E-state index contributed by atoms with van der Waals surface area (Å²) >= 11 is 0. The molecule has 3 nitrogen and oxygen atoms in total. The Hall–Kier alpha value is -0.410. The van der Waals surface area contributed by atoms with E-state index in [9.17, 15) is 4.79 Å². The van der Waals surface area contributed by atoms with Gasteiger partial charge >= 0.3 is 0 Å². The van der Waals surface area contributed by atoms with Gasteiger partial charge in [-0.3, -0.25) is 4.79 Å². The summed E-state index contributed by atoms with van der Waals surface area (Å²) in [5.41, 5.74) is 5.21. The third-order valence-corrected chi connectivity index (χ3v) is 1.04. The van der Waals surface area contributed by atoms with Crippen LogP contribution in [0.1, 0.15) is 13.8 Å². The first kappa shape index (κ1) is 8.59. The smallest absolute Gasteiger partial charge is 0.159 e. The highest BCUT2D eigenvalue weighted by molar-refractivity contribution is 5.80. The molecule has 0 aliphatic rings. The van der Waals surface area contributed by atoms with Gasteiger partial charge in [0.2, 0.25) is 0 Å². The highest BCUT2D eigenvalue weighted by atomic mass is 16.5. The molecule has 0 radical (unpaired) electrons. The Morgan fingerprint density at radius 2 is 2.33 bits per heavy atom. The van der Waals surface area contributed by atoms with Crippen molar-refractivity contribution in [1.29, 1.82) is 0 Å². The first-order valence-corrected chi connectivity index (χ1v) is 3.04. The predicted molar refractivity (Wildman–Crippen MR) is 35.1 cm³/mol. The Morgan fingerprint density at radius 1 is 1.78 bits per heavy atom. The Morgan fingerprint density at radius 3 is 2.44 bits per heavy atom. The van der Waals surface area contributed by atoms with E-state index < -0.39 is 6.10 Å². The van der Waals surface area contributed by atoms with Crippen molar-refractivity contribution in [3.8, 4) is 0 Å².